The number of ether oxygens (including phenoxy) is 1. The largest absolute Gasteiger partial charge is 0.472 e. The predicted octanol–water partition coefficient (Wildman–Crippen LogP) is 1.54. The molecule has 0 bridgehead atoms. The minimum atomic E-state index is -0.604. The number of carbonyl (C=O) groups excluding carboxylic acids is 1. The molecule has 2 rings (SSSR count). The Hall–Kier alpha value is -2.19. The summed E-state index contributed by atoms with van der Waals surface area (Å²) in [7, 11) is 0. The van der Waals surface area contributed by atoms with E-state index in [-0.39, 0.29) is 12.5 Å². The van der Waals surface area contributed by atoms with Crippen molar-refractivity contribution in [1.29, 1.82) is 0 Å². The van der Waals surface area contributed by atoms with Gasteiger partial charge in [0, 0.05) is 22.1 Å². The zero-order valence-corrected chi connectivity index (χ0v) is 11.4. The zero-order chi connectivity index (χ0) is 14.5. The molecule has 20 heavy (non-hydrogen) atoms. The van der Waals surface area contributed by atoms with Crippen LogP contribution in [-0.4, -0.2) is 32.5 Å². The number of rotatable bonds is 5. The van der Waals surface area contributed by atoms with Crippen LogP contribution in [0.2, 0.25) is 0 Å². The normalized spacial score (nSPS) is 10.3. The fraction of sp³-hybridized carbons (Fsp3) is 0.167. The Kier molecular flexibility index (Phi) is 4.49. The second-order valence-corrected chi connectivity index (χ2v) is 4.64. The van der Waals surface area contributed by atoms with Gasteiger partial charge < -0.3 is 9.94 Å². The first-order valence-corrected chi connectivity index (χ1v) is 6.86. The Morgan fingerprint density at radius 2 is 2.30 bits per heavy atom. The molecule has 3 N–H and O–H groups in total. The molecule has 0 spiro atoms. The van der Waals surface area contributed by atoms with Gasteiger partial charge in [-0.25, -0.2) is 5.48 Å². The van der Waals surface area contributed by atoms with Gasteiger partial charge in [-0.1, -0.05) is 11.2 Å². The van der Waals surface area contributed by atoms with Gasteiger partial charge in [0.15, 0.2) is 0 Å². The molecule has 1 aromatic heterocycles. The number of carbonyl (C=O) groups is 1. The van der Waals surface area contributed by atoms with E-state index in [0.717, 1.165) is 4.90 Å². The quantitative estimate of drug-likeness (QED) is 0.335. The molecule has 1 heterocycles. The molecule has 0 radical (unpaired) electrons. The van der Waals surface area contributed by atoms with E-state index in [9.17, 15) is 4.79 Å². The van der Waals surface area contributed by atoms with Crippen LogP contribution in [0.4, 0.5) is 0 Å². The average molecular weight is 295 g/mol. The molecule has 0 aliphatic rings. The fourth-order valence-electron chi connectivity index (χ4n) is 1.70. The van der Waals surface area contributed by atoms with Gasteiger partial charge >= 0.3 is 0 Å². The molecule has 1 aromatic carbocycles. The summed E-state index contributed by atoms with van der Waals surface area (Å²) < 4.78 is 5.42. The summed E-state index contributed by atoms with van der Waals surface area (Å²) in [6.07, 6.45) is 3.21. The summed E-state index contributed by atoms with van der Waals surface area (Å²) in [6, 6.07) is 6.66. The van der Waals surface area contributed by atoms with Crippen molar-refractivity contribution >= 4 is 17.7 Å². The van der Waals surface area contributed by atoms with Gasteiger partial charge in [0.2, 0.25) is 5.88 Å². The number of nitrogens with one attached hydrogen (secondary N) is 1. The van der Waals surface area contributed by atoms with Crippen LogP contribution in [0.1, 0.15) is 15.9 Å². The van der Waals surface area contributed by atoms with Crippen molar-refractivity contribution < 1.29 is 19.9 Å². The highest BCUT2D eigenvalue weighted by Gasteiger charge is 2.15. The molecule has 0 saturated carbocycles. The van der Waals surface area contributed by atoms with Crippen molar-refractivity contribution in [2.75, 3.05) is 6.26 Å². The minimum Gasteiger partial charge on any atom is -0.472 e. The van der Waals surface area contributed by atoms with E-state index >= 15 is 0 Å². The van der Waals surface area contributed by atoms with Crippen LogP contribution in [0.5, 0.6) is 5.88 Å². The molecule has 7 nitrogen and oxygen atoms in total. The second kappa shape index (κ2) is 6.31. The maximum Gasteiger partial charge on any atom is 0.275 e. The molecule has 106 valence electrons. The first-order chi connectivity index (χ1) is 9.65. The Labute approximate surface area is 119 Å². The third-order valence-electron chi connectivity index (χ3n) is 2.61. The lowest BCUT2D eigenvalue weighted by atomic mass is 10.1. The maximum atomic E-state index is 11.6. The van der Waals surface area contributed by atoms with Crippen molar-refractivity contribution in [2.45, 2.75) is 11.5 Å². The first kappa shape index (κ1) is 14.2. The van der Waals surface area contributed by atoms with Crippen molar-refractivity contribution in [3.8, 4) is 5.88 Å². The van der Waals surface area contributed by atoms with Crippen molar-refractivity contribution in [2.24, 2.45) is 0 Å². The number of hydrogen-bond acceptors (Lipinski definition) is 6. The lowest BCUT2D eigenvalue weighted by molar-refractivity contribution is 0.0703. The highest BCUT2D eigenvalue weighted by atomic mass is 32.2. The van der Waals surface area contributed by atoms with E-state index in [4.69, 9.17) is 15.2 Å². The van der Waals surface area contributed by atoms with E-state index in [0.29, 0.717) is 16.0 Å². The maximum absolute atomic E-state index is 11.6. The Morgan fingerprint density at radius 3 is 2.90 bits per heavy atom. The molecular weight excluding hydrogens is 282 g/mol. The van der Waals surface area contributed by atoms with Gasteiger partial charge in [-0.15, -0.1) is 16.6 Å². The topological polar surface area (TPSA) is 96.6 Å². The van der Waals surface area contributed by atoms with Gasteiger partial charge in [-0.05, 0) is 18.4 Å². The number of thioether (sulfide) groups is 1. The molecule has 0 atom stereocenters. The average Bonchev–Trinajstić information content (AvgIpc) is 2.89. The first-order valence-electron chi connectivity index (χ1n) is 5.63. The predicted molar refractivity (Wildman–Crippen MR) is 71.2 cm³/mol. The number of benzene rings is 1. The molecule has 8 heteroatoms. The van der Waals surface area contributed by atoms with Crippen LogP contribution >= 0.6 is 11.8 Å². The van der Waals surface area contributed by atoms with Crippen LogP contribution < -0.4 is 10.2 Å². The van der Waals surface area contributed by atoms with Crippen molar-refractivity contribution in [3.63, 3.8) is 0 Å². The third-order valence-corrected chi connectivity index (χ3v) is 3.44. The van der Waals surface area contributed by atoms with Crippen LogP contribution in [0.25, 0.3) is 0 Å². The number of aromatic nitrogens is 2. The molecule has 2 aromatic rings. The lowest BCUT2D eigenvalue weighted by Crippen LogP contribution is -2.21. The molecule has 0 aliphatic heterocycles. The molecular formula is C12H13N3O4S. The SMILES string of the molecule is CSc1cccc(C(=O)NO)c1COc1ccn(O)n1. The van der Waals surface area contributed by atoms with Gasteiger partial charge in [0.25, 0.3) is 5.91 Å². The number of amides is 1. The van der Waals surface area contributed by atoms with Crippen LogP contribution in [0.15, 0.2) is 35.4 Å². The fourth-order valence-corrected chi connectivity index (χ4v) is 2.33. The molecule has 1 amide bonds. The van der Waals surface area contributed by atoms with Crippen molar-refractivity contribution in [3.05, 3.63) is 41.6 Å². The van der Waals surface area contributed by atoms with Crippen LogP contribution in [0.3, 0.4) is 0 Å². The van der Waals surface area contributed by atoms with Gasteiger partial charge in [-0.2, -0.15) is 0 Å². The van der Waals surface area contributed by atoms with Gasteiger partial charge in [-0.3, -0.25) is 10.0 Å². The Bertz CT molecular complexity index is 614. The molecule has 0 saturated heterocycles. The van der Waals surface area contributed by atoms with E-state index in [1.807, 2.05) is 12.3 Å². The number of hydrogen-bond donors (Lipinski definition) is 3. The van der Waals surface area contributed by atoms with Gasteiger partial charge in [0.05, 0.1) is 6.20 Å². The molecule has 0 fully saturated rings. The summed E-state index contributed by atoms with van der Waals surface area (Å²) in [5.74, 6) is -0.369. The van der Waals surface area contributed by atoms with Gasteiger partial charge in [0.1, 0.15) is 6.61 Å². The summed E-state index contributed by atoms with van der Waals surface area (Å²) in [5, 5.41) is 21.5. The summed E-state index contributed by atoms with van der Waals surface area (Å²) in [6.45, 7) is 0.0940. The molecule has 0 unspecified atom stereocenters. The zero-order valence-electron chi connectivity index (χ0n) is 10.6. The van der Waals surface area contributed by atoms with E-state index < -0.39 is 5.91 Å². The second-order valence-electron chi connectivity index (χ2n) is 3.79. The van der Waals surface area contributed by atoms with Crippen LogP contribution in [0, 0.1) is 0 Å². The minimum absolute atomic E-state index is 0.0940. The smallest absolute Gasteiger partial charge is 0.275 e. The highest BCUT2D eigenvalue weighted by Crippen LogP contribution is 2.25. The Morgan fingerprint density at radius 1 is 1.50 bits per heavy atom. The highest BCUT2D eigenvalue weighted by molar-refractivity contribution is 7.98. The summed E-state index contributed by atoms with van der Waals surface area (Å²) in [5.41, 5.74) is 2.57. The number of nitrogens with zero attached hydrogens (tertiary/aromatic N) is 2. The number of hydroxylamine groups is 1. The van der Waals surface area contributed by atoms with Crippen molar-refractivity contribution in [1.82, 2.24) is 15.4 Å². The van der Waals surface area contributed by atoms with Crippen LogP contribution in [-0.2, 0) is 6.61 Å². The monoisotopic (exact) mass is 295 g/mol. The Balaban J connectivity index is 2.26. The molecule has 0 aliphatic carbocycles. The standard InChI is InChI=1S/C12H13N3O4S/c1-20-10-4-2-3-8(12(16)14-17)9(10)7-19-11-5-6-15(18)13-11/h2-6,17-18H,7H2,1H3,(H,14,16). The van der Waals surface area contributed by atoms with E-state index in [1.54, 1.807) is 17.6 Å². The van der Waals surface area contributed by atoms with E-state index in [1.165, 1.54) is 24.0 Å². The summed E-state index contributed by atoms with van der Waals surface area (Å²) >= 11 is 1.46. The summed E-state index contributed by atoms with van der Waals surface area (Å²) in [4.78, 5) is 13.1. The third kappa shape index (κ3) is 3.03. The lowest BCUT2D eigenvalue weighted by Gasteiger charge is -2.12. The van der Waals surface area contributed by atoms with E-state index in [2.05, 4.69) is 5.10 Å².